The molecule has 1 fully saturated rings. The summed E-state index contributed by atoms with van der Waals surface area (Å²) in [6.07, 6.45) is -5.94. The molecule has 0 spiro atoms. The lowest BCUT2D eigenvalue weighted by Crippen LogP contribution is -2.60. The van der Waals surface area contributed by atoms with Gasteiger partial charge in [-0.2, -0.15) is 0 Å². The first-order valence-corrected chi connectivity index (χ1v) is 6.09. The van der Waals surface area contributed by atoms with Crippen LogP contribution in [0.15, 0.2) is 24.3 Å². The maximum atomic E-state index is 10.5. The minimum Gasteiger partial charge on any atom is -0.462 e. The third-order valence-corrected chi connectivity index (χ3v) is 3.12. The first-order chi connectivity index (χ1) is 9.56. The molecule has 4 N–H and O–H groups in total. The molecule has 0 bridgehead atoms. The zero-order chi connectivity index (χ0) is 14.7. The van der Waals surface area contributed by atoms with Crippen LogP contribution in [0, 0.1) is 0 Å². The van der Waals surface area contributed by atoms with Crippen molar-refractivity contribution in [3.63, 3.8) is 0 Å². The van der Waals surface area contributed by atoms with Gasteiger partial charge in [0.2, 0.25) is 6.29 Å². The molecular formula is C13H16O7. The van der Waals surface area contributed by atoms with Gasteiger partial charge in [-0.25, -0.2) is 0 Å². The minimum absolute atomic E-state index is 0.319. The van der Waals surface area contributed by atoms with Crippen molar-refractivity contribution in [3.8, 4) is 5.75 Å². The molecule has 7 nitrogen and oxygen atoms in total. The molecule has 1 aliphatic rings. The first kappa shape index (κ1) is 14.9. The molecule has 1 heterocycles. The number of aldehydes is 1. The van der Waals surface area contributed by atoms with E-state index in [2.05, 4.69) is 0 Å². The van der Waals surface area contributed by atoms with Crippen LogP contribution in [0.25, 0.3) is 0 Å². The topological polar surface area (TPSA) is 116 Å². The van der Waals surface area contributed by atoms with Gasteiger partial charge in [-0.1, -0.05) is 0 Å². The largest absolute Gasteiger partial charge is 0.462 e. The minimum atomic E-state index is -1.49. The molecule has 1 aromatic rings. The number of aliphatic hydroxyl groups excluding tert-OH is 4. The quantitative estimate of drug-likeness (QED) is 0.507. The van der Waals surface area contributed by atoms with Crippen LogP contribution in [0.2, 0.25) is 0 Å². The Hall–Kier alpha value is -1.51. The molecule has 0 aliphatic carbocycles. The number of hydrogen-bond donors (Lipinski definition) is 4. The summed E-state index contributed by atoms with van der Waals surface area (Å²) >= 11 is 0. The van der Waals surface area contributed by atoms with Crippen molar-refractivity contribution in [2.24, 2.45) is 0 Å². The van der Waals surface area contributed by atoms with Gasteiger partial charge in [-0.3, -0.25) is 4.79 Å². The normalized spacial score (nSPS) is 33.7. The van der Waals surface area contributed by atoms with Gasteiger partial charge >= 0.3 is 0 Å². The number of carbonyl (C=O) groups is 1. The van der Waals surface area contributed by atoms with Crippen LogP contribution in [0.4, 0.5) is 0 Å². The van der Waals surface area contributed by atoms with Crippen molar-refractivity contribution < 1.29 is 34.7 Å². The second-order valence-corrected chi connectivity index (χ2v) is 4.50. The highest BCUT2D eigenvalue weighted by Crippen LogP contribution is 2.24. The van der Waals surface area contributed by atoms with Crippen LogP contribution in [-0.2, 0) is 4.74 Å². The predicted octanol–water partition coefficient (Wildman–Crippen LogP) is -1.32. The third-order valence-electron chi connectivity index (χ3n) is 3.12. The first-order valence-electron chi connectivity index (χ1n) is 6.09. The second-order valence-electron chi connectivity index (χ2n) is 4.50. The summed E-state index contributed by atoms with van der Waals surface area (Å²) in [6, 6.07) is 6.05. The molecule has 20 heavy (non-hydrogen) atoms. The maximum absolute atomic E-state index is 10.5. The molecule has 5 atom stereocenters. The van der Waals surface area contributed by atoms with Crippen molar-refractivity contribution in [3.05, 3.63) is 29.8 Å². The van der Waals surface area contributed by atoms with Gasteiger partial charge in [-0.15, -0.1) is 0 Å². The molecule has 1 saturated heterocycles. The predicted molar refractivity (Wildman–Crippen MR) is 66.2 cm³/mol. The molecule has 0 unspecified atom stereocenters. The van der Waals surface area contributed by atoms with E-state index in [1.54, 1.807) is 0 Å². The number of benzene rings is 1. The number of carbonyl (C=O) groups excluding carboxylic acids is 1. The van der Waals surface area contributed by atoms with E-state index in [1.165, 1.54) is 24.3 Å². The van der Waals surface area contributed by atoms with Gasteiger partial charge in [0.15, 0.2) is 0 Å². The van der Waals surface area contributed by atoms with Crippen LogP contribution >= 0.6 is 0 Å². The van der Waals surface area contributed by atoms with E-state index in [4.69, 9.17) is 14.6 Å². The second kappa shape index (κ2) is 6.29. The Morgan fingerprint density at radius 3 is 2.30 bits per heavy atom. The van der Waals surface area contributed by atoms with Crippen molar-refractivity contribution in [2.75, 3.05) is 6.61 Å². The van der Waals surface area contributed by atoms with Crippen LogP contribution in [-0.4, -0.2) is 64.0 Å². The fraction of sp³-hybridized carbons (Fsp3) is 0.462. The van der Waals surface area contributed by atoms with E-state index in [0.717, 1.165) is 0 Å². The highest BCUT2D eigenvalue weighted by atomic mass is 16.7. The summed E-state index contributed by atoms with van der Waals surface area (Å²) in [7, 11) is 0. The smallest absolute Gasteiger partial charge is 0.229 e. The van der Waals surface area contributed by atoms with Crippen molar-refractivity contribution in [1.29, 1.82) is 0 Å². The fourth-order valence-corrected chi connectivity index (χ4v) is 1.92. The Morgan fingerprint density at radius 1 is 1.10 bits per heavy atom. The number of rotatable bonds is 4. The summed E-state index contributed by atoms with van der Waals surface area (Å²) in [5, 5.41) is 38.1. The van der Waals surface area contributed by atoms with E-state index in [9.17, 15) is 20.1 Å². The van der Waals surface area contributed by atoms with E-state index < -0.39 is 37.3 Å². The van der Waals surface area contributed by atoms with Gasteiger partial charge in [-0.05, 0) is 24.3 Å². The SMILES string of the molecule is O=Cc1ccc(O[C@@H]2O[C@H](CO)[C@H](O)[C@H](O)[C@H]2O)cc1. The standard InChI is InChI=1S/C13H16O7/c14-5-7-1-3-8(4-2-7)19-13-12(18)11(17)10(16)9(6-15)20-13/h1-5,9-13,15-18H,6H2/t9-,10+,11+,12-,13-/m1/s1. The third kappa shape index (κ3) is 2.97. The number of ether oxygens (including phenoxy) is 2. The zero-order valence-electron chi connectivity index (χ0n) is 10.5. The molecule has 0 saturated carbocycles. The highest BCUT2D eigenvalue weighted by Gasteiger charge is 2.44. The van der Waals surface area contributed by atoms with Crippen molar-refractivity contribution in [2.45, 2.75) is 30.7 Å². The Bertz CT molecular complexity index is 445. The molecule has 1 aliphatic heterocycles. The summed E-state index contributed by atoms with van der Waals surface area (Å²) in [5.74, 6) is 0.319. The average Bonchev–Trinajstić information content (AvgIpc) is 2.48. The Balaban J connectivity index is 2.08. The average molecular weight is 284 g/mol. The van der Waals surface area contributed by atoms with E-state index in [1.807, 2.05) is 0 Å². The van der Waals surface area contributed by atoms with Crippen LogP contribution in [0.1, 0.15) is 10.4 Å². The van der Waals surface area contributed by atoms with Gasteiger partial charge < -0.3 is 29.9 Å². The Labute approximate surface area is 115 Å². The fourth-order valence-electron chi connectivity index (χ4n) is 1.92. The molecule has 0 amide bonds. The molecule has 2 rings (SSSR count). The van der Waals surface area contributed by atoms with Crippen LogP contribution in [0.3, 0.4) is 0 Å². The molecule has 0 radical (unpaired) electrons. The van der Waals surface area contributed by atoms with Gasteiger partial charge in [0.25, 0.3) is 0 Å². The molecular weight excluding hydrogens is 268 g/mol. The molecule has 0 aromatic heterocycles. The summed E-state index contributed by atoms with van der Waals surface area (Å²) in [5.41, 5.74) is 0.464. The van der Waals surface area contributed by atoms with Crippen LogP contribution in [0.5, 0.6) is 5.75 Å². The van der Waals surface area contributed by atoms with Crippen LogP contribution < -0.4 is 4.74 Å². The van der Waals surface area contributed by atoms with Gasteiger partial charge in [0.05, 0.1) is 6.61 Å². The number of hydrogen-bond acceptors (Lipinski definition) is 7. The summed E-state index contributed by atoms with van der Waals surface area (Å²) < 4.78 is 10.5. The highest BCUT2D eigenvalue weighted by molar-refractivity contribution is 5.74. The molecule has 1 aromatic carbocycles. The lowest BCUT2D eigenvalue weighted by molar-refractivity contribution is -0.277. The van der Waals surface area contributed by atoms with Crippen molar-refractivity contribution >= 4 is 6.29 Å². The lowest BCUT2D eigenvalue weighted by atomic mass is 9.99. The monoisotopic (exact) mass is 284 g/mol. The van der Waals surface area contributed by atoms with E-state index in [-0.39, 0.29) is 0 Å². The van der Waals surface area contributed by atoms with Gasteiger partial charge in [0, 0.05) is 5.56 Å². The maximum Gasteiger partial charge on any atom is 0.229 e. The van der Waals surface area contributed by atoms with Crippen molar-refractivity contribution in [1.82, 2.24) is 0 Å². The van der Waals surface area contributed by atoms with Gasteiger partial charge in [0.1, 0.15) is 36.5 Å². The Morgan fingerprint density at radius 2 is 1.75 bits per heavy atom. The lowest BCUT2D eigenvalue weighted by Gasteiger charge is -2.39. The van der Waals surface area contributed by atoms with E-state index >= 15 is 0 Å². The number of aliphatic hydroxyl groups is 4. The molecule has 7 heteroatoms. The Kier molecular flexibility index (Phi) is 4.69. The summed E-state index contributed by atoms with van der Waals surface area (Å²) in [6.45, 7) is -0.519. The van der Waals surface area contributed by atoms with E-state index in [0.29, 0.717) is 17.6 Å². The summed E-state index contributed by atoms with van der Waals surface area (Å²) in [4.78, 5) is 10.5. The molecule has 110 valence electrons. The zero-order valence-corrected chi connectivity index (χ0v) is 10.5.